The molecule has 0 aliphatic carbocycles. The minimum Gasteiger partial charge on any atom is -0.489 e. The maximum Gasteiger partial charge on any atom is 0.261 e. The van der Waals surface area contributed by atoms with Gasteiger partial charge in [-0.1, -0.05) is 6.07 Å². The summed E-state index contributed by atoms with van der Waals surface area (Å²) in [5.41, 5.74) is 2.33. The second-order valence-electron chi connectivity index (χ2n) is 6.79. The van der Waals surface area contributed by atoms with Crippen LogP contribution in [0.3, 0.4) is 0 Å². The first-order chi connectivity index (χ1) is 13.7. The van der Waals surface area contributed by atoms with Crippen LogP contribution in [-0.2, 0) is 11.4 Å². The monoisotopic (exact) mass is 375 g/mol. The topological polar surface area (TPSA) is 75.8 Å². The highest BCUT2D eigenvalue weighted by molar-refractivity contribution is 5.81. The number of nitrogens with zero attached hydrogens (tertiary/aromatic N) is 2. The number of amides is 1. The normalized spacial score (nSPS) is 16.8. The Labute approximate surface area is 163 Å². The van der Waals surface area contributed by atoms with Crippen LogP contribution in [0.2, 0.25) is 0 Å². The summed E-state index contributed by atoms with van der Waals surface area (Å²) in [4.78, 5) is 12.0. The van der Waals surface area contributed by atoms with Gasteiger partial charge in [-0.25, -0.2) is 0 Å². The number of rotatable bonds is 5. The smallest absolute Gasteiger partial charge is 0.261 e. The summed E-state index contributed by atoms with van der Waals surface area (Å²) in [6, 6.07) is 15.2. The molecule has 28 heavy (non-hydrogen) atoms. The van der Waals surface area contributed by atoms with Gasteiger partial charge in [-0.2, -0.15) is 5.26 Å². The van der Waals surface area contributed by atoms with E-state index < -0.39 is 6.10 Å². The van der Waals surface area contributed by atoms with E-state index in [0.29, 0.717) is 30.2 Å². The molecule has 0 radical (unpaired) electrons. The molecule has 1 atom stereocenters. The molecule has 0 unspecified atom stereocenters. The van der Waals surface area contributed by atoms with Gasteiger partial charge in [0.15, 0.2) is 6.10 Å². The first kappa shape index (κ1) is 17.9. The number of nitriles is 1. The Balaban J connectivity index is 1.41. The van der Waals surface area contributed by atoms with Gasteiger partial charge in [0.1, 0.15) is 24.2 Å². The van der Waals surface area contributed by atoms with Gasteiger partial charge >= 0.3 is 0 Å². The Bertz CT molecular complexity index is 1020. The highest BCUT2D eigenvalue weighted by Gasteiger charge is 2.22. The lowest BCUT2D eigenvalue weighted by Gasteiger charge is -2.16. The molecule has 0 saturated carbocycles. The molecular formula is C22H21N3O3. The second-order valence-corrected chi connectivity index (χ2v) is 6.79. The van der Waals surface area contributed by atoms with E-state index in [9.17, 15) is 10.1 Å². The Morgan fingerprint density at radius 3 is 2.79 bits per heavy atom. The maximum atomic E-state index is 12.0. The molecule has 2 aromatic heterocycles. The van der Waals surface area contributed by atoms with Crippen LogP contribution in [0.25, 0.3) is 5.52 Å². The van der Waals surface area contributed by atoms with Crippen molar-refractivity contribution < 1.29 is 14.3 Å². The highest BCUT2D eigenvalue weighted by Crippen LogP contribution is 2.23. The van der Waals surface area contributed by atoms with Crippen molar-refractivity contribution in [3.05, 3.63) is 66.0 Å². The van der Waals surface area contributed by atoms with Crippen LogP contribution >= 0.6 is 0 Å². The molecule has 1 aliphatic heterocycles. The van der Waals surface area contributed by atoms with Crippen molar-refractivity contribution in [2.75, 3.05) is 6.54 Å². The minimum absolute atomic E-state index is 0.0531. The fraction of sp³-hybridized carbons (Fsp3) is 0.273. The number of benzene rings is 1. The quantitative estimate of drug-likeness (QED) is 0.741. The Hall–Kier alpha value is -3.46. The van der Waals surface area contributed by atoms with Crippen LogP contribution in [0.4, 0.5) is 0 Å². The van der Waals surface area contributed by atoms with Gasteiger partial charge in [0.25, 0.3) is 5.91 Å². The van der Waals surface area contributed by atoms with Gasteiger partial charge in [0, 0.05) is 24.5 Å². The van der Waals surface area contributed by atoms with Crippen molar-refractivity contribution in [3.8, 4) is 17.6 Å². The summed E-state index contributed by atoms with van der Waals surface area (Å²) in [7, 11) is 0. The van der Waals surface area contributed by atoms with E-state index in [1.807, 2.05) is 47.1 Å². The molecule has 1 amide bonds. The lowest BCUT2D eigenvalue weighted by Crippen LogP contribution is -2.36. The molecule has 1 N–H and O–H groups in total. The number of fused-ring (bicyclic) bond motifs is 1. The zero-order valence-corrected chi connectivity index (χ0v) is 15.4. The Morgan fingerprint density at radius 2 is 1.96 bits per heavy atom. The second kappa shape index (κ2) is 8.05. The van der Waals surface area contributed by atoms with E-state index in [-0.39, 0.29) is 5.91 Å². The molecule has 4 rings (SSSR count). The standard InChI is InChI=1S/C22H21N3O3/c23-13-19-16(14-25-12-4-2-5-20(19)25)15-27-17-7-9-18(10-8-17)28-21-6-1-3-11-24-22(21)26/h2,4-5,7-10,12,14,21H,1,3,6,11,15H2,(H,24,26)/t21-/m1/s1. The van der Waals surface area contributed by atoms with E-state index in [2.05, 4.69) is 11.4 Å². The van der Waals surface area contributed by atoms with Crippen molar-refractivity contribution in [2.45, 2.75) is 32.0 Å². The number of carbonyl (C=O) groups is 1. The van der Waals surface area contributed by atoms with Gasteiger partial charge in [0.05, 0.1) is 11.1 Å². The molecule has 1 fully saturated rings. The summed E-state index contributed by atoms with van der Waals surface area (Å²) in [5.74, 6) is 1.26. The number of pyridine rings is 1. The molecule has 0 bridgehead atoms. The van der Waals surface area contributed by atoms with Crippen molar-refractivity contribution in [3.63, 3.8) is 0 Å². The number of hydrogen-bond acceptors (Lipinski definition) is 4. The largest absolute Gasteiger partial charge is 0.489 e. The highest BCUT2D eigenvalue weighted by atomic mass is 16.5. The molecule has 3 heterocycles. The number of carbonyl (C=O) groups excluding carboxylic acids is 1. The van der Waals surface area contributed by atoms with Crippen LogP contribution in [0.15, 0.2) is 54.9 Å². The molecule has 6 heteroatoms. The van der Waals surface area contributed by atoms with Gasteiger partial charge in [-0.05, 0) is 55.7 Å². The van der Waals surface area contributed by atoms with E-state index in [1.54, 1.807) is 12.1 Å². The van der Waals surface area contributed by atoms with E-state index in [1.165, 1.54) is 0 Å². The van der Waals surface area contributed by atoms with Gasteiger partial charge < -0.3 is 19.2 Å². The SMILES string of the molecule is N#Cc1c(COc2ccc(O[C@@H]3CCCCNC3=O)cc2)cn2ccccc12. The predicted octanol–water partition coefficient (Wildman–Crippen LogP) is 3.44. The van der Waals surface area contributed by atoms with Crippen molar-refractivity contribution >= 4 is 11.4 Å². The molecular weight excluding hydrogens is 354 g/mol. The van der Waals surface area contributed by atoms with E-state index >= 15 is 0 Å². The number of aromatic nitrogens is 1. The van der Waals surface area contributed by atoms with E-state index in [0.717, 1.165) is 30.3 Å². The summed E-state index contributed by atoms with van der Waals surface area (Å²) in [6.45, 7) is 1.01. The Morgan fingerprint density at radius 1 is 1.14 bits per heavy atom. The Kier molecular flexibility index (Phi) is 5.16. The molecule has 1 aliphatic rings. The summed E-state index contributed by atoms with van der Waals surface area (Å²) < 4.78 is 13.6. The van der Waals surface area contributed by atoms with Crippen LogP contribution in [0, 0.1) is 11.3 Å². The molecule has 1 saturated heterocycles. The molecule has 0 spiro atoms. The average Bonchev–Trinajstić information content (AvgIpc) is 2.96. The van der Waals surface area contributed by atoms with Crippen molar-refractivity contribution in [1.82, 2.24) is 9.72 Å². The van der Waals surface area contributed by atoms with Crippen LogP contribution in [0.1, 0.15) is 30.4 Å². The van der Waals surface area contributed by atoms with Gasteiger partial charge in [-0.3, -0.25) is 4.79 Å². The molecule has 142 valence electrons. The summed E-state index contributed by atoms with van der Waals surface area (Å²) in [5, 5.41) is 12.3. The summed E-state index contributed by atoms with van der Waals surface area (Å²) >= 11 is 0. The van der Waals surface area contributed by atoms with Crippen molar-refractivity contribution in [1.29, 1.82) is 5.26 Å². The van der Waals surface area contributed by atoms with Crippen LogP contribution < -0.4 is 14.8 Å². The predicted molar refractivity (Wildman–Crippen MR) is 104 cm³/mol. The third kappa shape index (κ3) is 3.79. The van der Waals surface area contributed by atoms with Gasteiger partial charge in [0.2, 0.25) is 0 Å². The average molecular weight is 375 g/mol. The maximum absolute atomic E-state index is 12.0. The van der Waals surface area contributed by atoms with Gasteiger partial charge in [-0.15, -0.1) is 0 Å². The third-order valence-corrected chi connectivity index (χ3v) is 4.86. The third-order valence-electron chi connectivity index (χ3n) is 4.86. The fourth-order valence-corrected chi connectivity index (χ4v) is 3.38. The fourth-order valence-electron chi connectivity index (χ4n) is 3.38. The number of hydrogen-bond donors (Lipinski definition) is 1. The van der Waals surface area contributed by atoms with E-state index in [4.69, 9.17) is 9.47 Å². The van der Waals surface area contributed by atoms with Crippen LogP contribution in [0.5, 0.6) is 11.5 Å². The minimum atomic E-state index is -0.443. The first-order valence-corrected chi connectivity index (χ1v) is 9.40. The van der Waals surface area contributed by atoms with Crippen LogP contribution in [-0.4, -0.2) is 23.0 Å². The molecule has 1 aromatic carbocycles. The number of ether oxygens (including phenoxy) is 2. The first-order valence-electron chi connectivity index (χ1n) is 9.40. The van der Waals surface area contributed by atoms with Crippen molar-refractivity contribution in [2.24, 2.45) is 0 Å². The lowest BCUT2D eigenvalue weighted by atomic mass is 10.2. The zero-order chi connectivity index (χ0) is 19.3. The molecule has 6 nitrogen and oxygen atoms in total. The molecule has 3 aromatic rings. The lowest BCUT2D eigenvalue weighted by molar-refractivity contribution is -0.127. The number of nitrogens with one attached hydrogen (secondary N) is 1. The zero-order valence-electron chi connectivity index (χ0n) is 15.4. The summed E-state index contributed by atoms with van der Waals surface area (Å²) in [6.07, 6.45) is 6.06.